The fraction of sp³-hybridized carbons (Fsp3) is 0.235. The van der Waals surface area contributed by atoms with Gasteiger partial charge in [0.15, 0.2) is 0 Å². The molecule has 2 aromatic carbocycles. The third-order valence-corrected chi connectivity index (χ3v) is 3.87. The molecule has 2 rings (SSSR count). The Kier molecular flexibility index (Phi) is 6.67. The number of rotatable bonds is 7. The van der Waals surface area contributed by atoms with Gasteiger partial charge in [-0.05, 0) is 65.9 Å². The summed E-state index contributed by atoms with van der Waals surface area (Å²) in [5, 5.41) is 2.88. The molecule has 4 nitrogen and oxygen atoms in total. The third-order valence-electron chi connectivity index (χ3n) is 2.93. The van der Waals surface area contributed by atoms with Crippen LogP contribution in [0.4, 0.5) is 5.69 Å². The first-order valence-electron chi connectivity index (χ1n) is 7.07. The van der Waals surface area contributed by atoms with E-state index >= 15 is 0 Å². The number of nitrogens with one attached hydrogen (secondary N) is 1. The second-order valence-electron chi connectivity index (χ2n) is 4.50. The maximum atomic E-state index is 12.2. The van der Waals surface area contributed by atoms with E-state index in [4.69, 9.17) is 9.47 Å². The first-order valence-corrected chi connectivity index (χ1v) is 8.15. The van der Waals surface area contributed by atoms with Crippen molar-refractivity contribution in [1.29, 1.82) is 0 Å². The van der Waals surface area contributed by atoms with Crippen LogP contribution in [0.25, 0.3) is 0 Å². The van der Waals surface area contributed by atoms with Gasteiger partial charge in [0.2, 0.25) is 0 Å². The van der Waals surface area contributed by atoms with E-state index in [-0.39, 0.29) is 5.91 Å². The van der Waals surface area contributed by atoms with Crippen molar-refractivity contribution in [2.75, 3.05) is 25.1 Å². The van der Waals surface area contributed by atoms with Gasteiger partial charge in [-0.3, -0.25) is 4.79 Å². The number of amides is 1. The molecule has 0 atom stereocenters. The Morgan fingerprint density at radius 2 is 1.82 bits per heavy atom. The van der Waals surface area contributed by atoms with Crippen LogP contribution in [0.2, 0.25) is 0 Å². The zero-order valence-corrected chi connectivity index (χ0v) is 14.5. The quantitative estimate of drug-likeness (QED) is 0.555. The van der Waals surface area contributed by atoms with E-state index in [1.807, 2.05) is 55.5 Å². The van der Waals surface area contributed by atoms with Crippen molar-refractivity contribution in [2.24, 2.45) is 0 Å². The molecule has 0 fully saturated rings. The zero-order valence-electron chi connectivity index (χ0n) is 12.3. The Hall–Kier alpha value is -1.60. The number of anilines is 1. The van der Waals surface area contributed by atoms with E-state index in [1.165, 1.54) is 0 Å². The van der Waals surface area contributed by atoms with E-state index in [0.717, 1.165) is 15.0 Å². The number of benzene rings is 2. The summed E-state index contributed by atoms with van der Waals surface area (Å²) in [5.41, 5.74) is 1.40. The highest BCUT2D eigenvalue weighted by Gasteiger charge is 2.09. The van der Waals surface area contributed by atoms with E-state index in [2.05, 4.69) is 27.9 Å². The average molecular weight is 411 g/mol. The predicted octanol–water partition coefficient (Wildman–Crippen LogP) is 3.96. The number of hydrogen-bond acceptors (Lipinski definition) is 3. The minimum atomic E-state index is -0.116. The van der Waals surface area contributed by atoms with Crippen LogP contribution in [0.3, 0.4) is 0 Å². The standard InChI is InChI=1S/C17H18INO3/c1-2-21-11-12-22-14-9-7-13(8-10-14)19-17(20)15-5-3-4-6-16(15)18/h3-10H,2,11-12H2,1H3,(H,19,20). The lowest BCUT2D eigenvalue weighted by Gasteiger charge is -2.09. The molecule has 1 N–H and O–H groups in total. The van der Waals surface area contributed by atoms with Gasteiger partial charge in [-0.25, -0.2) is 0 Å². The molecule has 0 aliphatic carbocycles. The number of carbonyl (C=O) groups excluding carboxylic acids is 1. The molecular formula is C17H18INO3. The molecule has 1 amide bonds. The van der Waals surface area contributed by atoms with Crippen LogP contribution in [-0.4, -0.2) is 25.7 Å². The molecule has 0 saturated heterocycles. The van der Waals surface area contributed by atoms with Crippen LogP contribution in [0.15, 0.2) is 48.5 Å². The lowest BCUT2D eigenvalue weighted by molar-refractivity contribution is 0.102. The van der Waals surface area contributed by atoms with Gasteiger partial charge in [-0.15, -0.1) is 0 Å². The molecule has 5 heteroatoms. The second kappa shape index (κ2) is 8.75. The number of hydrogen-bond donors (Lipinski definition) is 1. The highest BCUT2D eigenvalue weighted by molar-refractivity contribution is 14.1. The first-order chi connectivity index (χ1) is 10.7. The summed E-state index contributed by atoms with van der Waals surface area (Å²) < 4.78 is 11.7. The van der Waals surface area contributed by atoms with Gasteiger partial charge in [-0.2, -0.15) is 0 Å². The number of carbonyl (C=O) groups is 1. The van der Waals surface area contributed by atoms with Crippen molar-refractivity contribution >= 4 is 34.2 Å². The van der Waals surface area contributed by atoms with Crippen molar-refractivity contribution in [3.05, 3.63) is 57.7 Å². The van der Waals surface area contributed by atoms with E-state index in [9.17, 15) is 4.79 Å². The molecule has 0 heterocycles. The number of halogens is 1. The van der Waals surface area contributed by atoms with Gasteiger partial charge in [0.05, 0.1) is 12.2 Å². The van der Waals surface area contributed by atoms with Crippen LogP contribution >= 0.6 is 22.6 Å². The van der Waals surface area contributed by atoms with Gasteiger partial charge in [0.1, 0.15) is 12.4 Å². The molecule has 0 radical (unpaired) electrons. The minimum Gasteiger partial charge on any atom is -0.491 e. The summed E-state index contributed by atoms with van der Waals surface area (Å²) in [6.07, 6.45) is 0. The fourth-order valence-corrected chi connectivity index (χ4v) is 2.47. The van der Waals surface area contributed by atoms with Gasteiger partial charge >= 0.3 is 0 Å². The largest absolute Gasteiger partial charge is 0.491 e. The Labute approximate surface area is 144 Å². The molecule has 0 unspecified atom stereocenters. The Morgan fingerprint density at radius 1 is 1.09 bits per heavy atom. The molecule has 0 spiro atoms. The second-order valence-corrected chi connectivity index (χ2v) is 5.67. The van der Waals surface area contributed by atoms with Gasteiger partial charge < -0.3 is 14.8 Å². The van der Waals surface area contributed by atoms with Crippen LogP contribution in [0.5, 0.6) is 5.75 Å². The zero-order chi connectivity index (χ0) is 15.8. The molecular weight excluding hydrogens is 393 g/mol. The smallest absolute Gasteiger partial charge is 0.256 e. The summed E-state index contributed by atoms with van der Waals surface area (Å²) in [6, 6.07) is 14.8. The summed E-state index contributed by atoms with van der Waals surface area (Å²) in [6.45, 7) is 3.72. The lowest BCUT2D eigenvalue weighted by atomic mass is 10.2. The molecule has 116 valence electrons. The van der Waals surface area contributed by atoms with E-state index in [1.54, 1.807) is 0 Å². The predicted molar refractivity (Wildman–Crippen MR) is 95.5 cm³/mol. The SMILES string of the molecule is CCOCCOc1ccc(NC(=O)c2ccccc2I)cc1. The van der Waals surface area contributed by atoms with Crippen LogP contribution in [-0.2, 0) is 4.74 Å². The van der Waals surface area contributed by atoms with Crippen molar-refractivity contribution in [2.45, 2.75) is 6.92 Å². The highest BCUT2D eigenvalue weighted by Crippen LogP contribution is 2.18. The third kappa shape index (κ3) is 4.99. The summed E-state index contributed by atoms with van der Waals surface area (Å²) >= 11 is 2.15. The summed E-state index contributed by atoms with van der Waals surface area (Å²) in [4.78, 5) is 12.2. The lowest BCUT2D eigenvalue weighted by Crippen LogP contribution is -2.13. The maximum Gasteiger partial charge on any atom is 0.256 e. The van der Waals surface area contributed by atoms with Gasteiger partial charge in [0, 0.05) is 15.9 Å². The molecule has 0 aromatic heterocycles. The monoisotopic (exact) mass is 411 g/mol. The van der Waals surface area contributed by atoms with Crippen molar-refractivity contribution in [3.8, 4) is 5.75 Å². The average Bonchev–Trinajstić information content (AvgIpc) is 2.53. The molecule has 0 saturated carbocycles. The van der Waals surface area contributed by atoms with Crippen molar-refractivity contribution in [3.63, 3.8) is 0 Å². The molecule has 0 bridgehead atoms. The fourth-order valence-electron chi connectivity index (χ4n) is 1.84. The topological polar surface area (TPSA) is 47.6 Å². The van der Waals surface area contributed by atoms with Crippen LogP contribution in [0, 0.1) is 3.57 Å². The summed E-state index contributed by atoms with van der Waals surface area (Å²) in [7, 11) is 0. The number of ether oxygens (including phenoxy) is 2. The maximum absolute atomic E-state index is 12.2. The molecule has 0 aliphatic rings. The van der Waals surface area contributed by atoms with Gasteiger partial charge in [-0.1, -0.05) is 12.1 Å². The van der Waals surface area contributed by atoms with Crippen molar-refractivity contribution in [1.82, 2.24) is 0 Å². The first kappa shape index (κ1) is 16.8. The van der Waals surface area contributed by atoms with Gasteiger partial charge in [0.25, 0.3) is 5.91 Å². The molecule has 2 aromatic rings. The Morgan fingerprint density at radius 3 is 2.50 bits per heavy atom. The molecule has 22 heavy (non-hydrogen) atoms. The van der Waals surface area contributed by atoms with E-state index in [0.29, 0.717) is 25.4 Å². The van der Waals surface area contributed by atoms with E-state index < -0.39 is 0 Å². The Bertz CT molecular complexity index is 614. The highest BCUT2D eigenvalue weighted by atomic mass is 127. The normalized spacial score (nSPS) is 10.3. The minimum absolute atomic E-state index is 0.116. The molecule has 0 aliphatic heterocycles. The summed E-state index contributed by atoms with van der Waals surface area (Å²) in [5.74, 6) is 0.641. The Balaban J connectivity index is 1.91. The van der Waals surface area contributed by atoms with Crippen LogP contribution < -0.4 is 10.1 Å². The van der Waals surface area contributed by atoms with Crippen molar-refractivity contribution < 1.29 is 14.3 Å². The van der Waals surface area contributed by atoms with Crippen LogP contribution in [0.1, 0.15) is 17.3 Å².